The Morgan fingerprint density at radius 3 is 2.73 bits per heavy atom. The van der Waals surface area contributed by atoms with Gasteiger partial charge in [-0.15, -0.1) is 0 Å². The summed E-state index contributed by atoms with van der Waals surface area (Å²) in [6.45, 7) is 4.98. The molecule has 1 N–H and O–H groups in total. The van der Waals surface area contributed by atoms with Gasteiger partial charge in [-0.05, 0) is 49.9 Å². The minimum absolute atomic E-state index is 0.201. The van der Waals surface area contributed by atoms with Crippen molar-refractivity contribution < 1.29 is 5.11 Å². The number of hydrogen-bond donors (Lipinski definition) is 1. The van der Waals surface area contributed by atoms with E-state index in [1.54, 1.807) is 0 Å². The van der Waals surface area contributed by atoms with E-state index in [0.29, 0.717) is 6.04 Å². The molecule has 1 fully saturated rings. The molecule has 0 amide bonds. The van der Waals surface area contributed by atoms with Crippen LogP contribution in [0.3, 0.4) is 0 Å². The molecule has 22 heavy (non-hydrogen) atoms. The Kier molecular flexibility index (Phi) is 4.96. The molecule has 1 aromatic heterocycles. The van der Waals surface area contributed by atoms with Gasteiger partial charge in [0, 0.05) is 31.5 Å². The van der Waals surface area contributed by atoms with Crippen molar-refractivity contribution in [3.8, 4) is 0 Å². The largest absolute Gasteiger partial charge is 0.393 e. The van der Waals surface area contributed by atoms with Crippen LogP contribution >= 0.6 is 0 Å². The van der Waals surface area contributed by atoms with E-state index in [4.69, 9.17) is 0 Å². The molecule has 3 nitrogen and oxygen atoms in total. The molecule has 2 aromatic rings. The van der Waals surface area contributed by atoms with E-state index in [0.717, 1.165) is 26.1 Å². The van der Waals surface area contributed by atoms with Crippen LogP contribution in [0.2, 0.25) is 0 Å². The smallest absolute Gasteiger partial charge is 0.0527 e. The molecule has 1 saturated heterocycles. The Hall–Kier alpha value is -1.58. The van der Waals surface area contributed by atoms with Crippen LogP contribution in [0.4, 0.5) is 0 Å². The maximum atomic E-state index is 9.63. The predicted octanol–water partition coefficient (Wildman–Crippen LogP) is 3.27. The van der Waals surface area contributed by atoms with Gasteiger partial charge in [0.15, 0.2) is 0 Å². The van der Waals surface area contributed by atoms with Crippen LogP contribution in [0.25, 0.3) is 0 Å². The lowest BCUT2D eigenvalue weighted by Crippen LogP contribution is -2.31. The van der Waals surface area contributed by atoms with Gasteiger partial charge >= 0.3 is 0 Å². The summed E-state index contributed by atoms with van der Waals surface area (Å²) in [5.74, 6) is 0. The molecule has 0 spiro atoms. The second-order valence-corrected chi connectivity index (χ2v) is 6.53. The standard InChI is InChI=1S/C19H26N2O/c1-16(22)12-19-8-5-10-21(19)15-18-9-11-20(14-18)13-17-6-3-2-4-7-17/h2-4,6-7,9,11,14,16,19,22H,5,8,10,12-13,15H2,1H3. The fourth-order valence-corrected chi connectivity index (χ4v) is 3.48. The highest BCUT2D eigenvalue weighted by Gasteiger charge is 2.25. The highest BCUT2D eigenvalue weighted by atomic mass is 16.3. The lowest BCUT2D eigenvalue weighted by atomic mass is 10.1. The van der Waals surface area contributed by atoms with Crippen molar-refractivity contribution in [3.63, 3.8) is 0 Å². The topological polar surface area (TPSA) is 28.4 Å². The van der Waals surface area contributed by atoms with Gasteiger partial charge in [-0.1, -0.05) is 30.3 Å². The first kappa shape index (κ1) is 15.3. The minimum Gasteiger partial charge on any atom is -0.393 e. The molecule has 0 aliphatic carbocycles. The highest BCUT2D eigenvalue weighted by Crippen LogP contribution is 2.23. The van der Waals surface area contributed by atoms with E-state index in [9.17, 15) is 5.11 Å². The van der Waals surface area contributed by atoms with Crippen molar-refractivity contribution >= 4 is 0 Å². The van der Waals surface area contributed by atoms with Crippen molar-refractivity contribution in [3.05, 3.63) is 59.9 Å². The van der Waals surface area contributed by atoms with E-state index in [2.05, 4.69) is 58.3 Å². The summed E-state index contributed by atoms with van der Waals surface area (Å²) in [6, 6.07) is 13.3. The third kappa shape index (κ3) is 3.99. The van der Waals surface area contributed by atoms with Gasteiger partial charge in [0.1, 0.15) is 0 Å². The Labute approximate surface area is 133 Å². The summed E-state index contributed by atoms with van der Waals surface area (Å²) in [6.07, 6.45) is 7.59. The normalized spacial score (nSPS) is 20.4. The van der Waals surface area contributed by atoms with Crippen LogP contribution in [-0.4, -0.2) is 33.3 Å². The fraction of sp³-hybridized carbons (Fsp3) is 0.474. The number of rotatable bonds is 6. The fourth-order valence-electron chi connectivity index (χ4n) is 3.48. The average Bonchev–Trinajstić information content (AvgIpc) is 3.10. The number of aliphatic hydroxyl groups is 1. The SMILES string of the molecule is CC(O)CC1CCCN1Cc1ccn(Cc2ccccc2)c1. The highest BCUT2D eigenvalue weighted by molar-refractivity contribution is 5.17. The van der Waals surface area contributed by atoms with Crippen molar-refractivity contribution in [1.82, 2.24) is 9.47 Å². The minimum atomic E-state index is -0.201. The van der Waals surface area contributed by atoms with Crippen LogP contribution in [0.15, 0.2) is 48.8 Å². The zero-order valence-corrected chi connectivity index (χ0v) is 13.4. The summed E-state index contributed by atoms with van der Waals surface area (Å²) in [7, 11) is 0. The van der Waals surface area contributed by atoms with E-state index in [-0.39, 0.29) is 6.10 Å². The Balaban J connectivity index is 1.59. The first-order chi connectivity index (χ1) is 10.7. The van der Waals surface area contributed by atoms with Gasteiger partial charge in [-0.25, -0.2) is 0 Å². The summed E-state index contributed by atoms with van der Waals surface area (Å²) in [5, 5.41) is 9.63. The molecular weight excluding hydrogens is 272 g/mol. The monoisotopic (exact) mass is 298 g/mol. The lowest BCUT2D eigenvalue weighted by molar-refractivity contribution is 0.131. The third-order valence-corrected chi connectivity index (χ3v) is 4.52. The van der Waals surface area contributed by atoms with E-state index in [1.807, 2.05) is 6.92 Å². The van der Waals surface area contributed by atoms with E-state index < -0.39 is 0 Å². The average molecular weight is 298 g/mol. The number of benzene rings is 1. The van der Waals surface area contributed by atoms with Crippen molar-refractivity contribution in [2.45, 2.75) is 51.4 Å². The first-order valence-corrected chi connectivity index (χ1v) is 8.31. The molecule has 3 rings (SSSR count). The van der Waals surface area contributed by atoms with Crippen LogP contribution in [-0.2, 0) is 13.1 Å². The third-order valence-electron chi connectivity index (χ3n) is 4.52. The van der Waals surface area contributed by atoms with Gasteiger partial charge in [0.25, 0.3) is 0 Å². The van der Waals surface area contributed by atoms with Crippen molar-refractivity contribution in [2.75, 3.05) is 6.54 Å². The summed E-state index contributed by atoms with van der Waals surface area (Å²) < 4.78 is 2.25. The molecular formula is C19H26N2O. The second-order valence-electron chi connectivity index (χ2n) is 6.53. The second kappa shape index (κ2) is 7.12. The predicted molar refractivity (Wildman–Crippen MR) is 89.7 cm³/mol. The first-order valence-electron chi connectivity index (χ1n) is 8.31. The van der Waals surface area contributed by atoms with Gasteiger partial charge in [0.2, 0.25) is 0 Å². The molecule has 1 aliphatic heterocycles. The van der Waals surface area contributed by atoms with Crippen LogP contribution in [0.1, 0.15) is 37.3 Å². The Morgan fingerprint density at radius 1 is 1.14 bits per heavy atom. The lowest BCUT2D eigenvalue weighted by Gasteiger charge is -2.25. The quantitative estimate of drug-likeness (QED) is 0.886. The van der Waals surface area contributed by atoms with Gasteiger partial charge in [-0.2, -0.15) is 0 Å². The molecule has 0 saturated carbocycles. The number of aliphatic hydroxyl groups excluding tert-OH is 1. The summed E-state index contributed by atoms with van der Waals surface area (Å²) in [5.41, 5.74) is 2.70. The number of nitrogens with zero attached hydrogens (tertiary/aromatic N) is 2. The van der Waals surface area contributed by atoms with E-state index in [1.165, 1.54) is 24.0 Å². The Morgan fingerprint density at radius 2 is 1.95 bits per heavy atom. The van der Waals surface area contributed by atoms with Crippen molar-refractivity contribution in [2.24, 2.45) is 0 Å². The van der Waals surface area contributed by atoms with Gasteiger partial charge in [-0.3, -0.25) is 4.90 Å². The summed E-state index contributed by atoms with van der Waals surface area (Å²) in [4.78, 5) is 2.52. The molecule has 1 aliphatic rings. The van der Waals surface area contributed by atoms with E-state index >= 15 is 0 Å². The zero-order chi connectivity index (χ0) is 15.4. The van der Waals surface area contributed by atoms with Crippen LogP contribution in [0, 0.1) is 0 Å². The molecule has 1 aromatic carbocycles. The number of aromatic nitrogens is 1. The number of hydrogen-bond acceptors (Lipinski definition) is 2. The number of likely N-dealkylation sites (tertiary alicyclic amines) is 1. The maximum absolute atomic E-state index is 9.63. The van der Waals surface area contributed by atoms with Crippen LogP contribution < -0.4 is 0 Å². The summed E-state index contributed by atoms with van der Waals surface area (Å²) >= 11 is 0. The molecule has 2 unspecified atom stereocenters. The van der Waals surface area contributed by atoms with Crippen molar-refractivity contribution in [1.29, 1.82) is 0 Å². The molecule has 0 bridgehead atoms. The maximum Gasteiger partial charge on any atom is 0.0527 e. The molecule has 0 radical (unpaired) electrons. The molecule has 118 valence electrons. The van der Waals surface area contributed by atoms with Gasteiger partial charge < -0.3 is 9.67 Å². The zero-order valence-electron chi connectivity index (χ0n) is 13.4. The van der Waals surface area contributed by atoms with Crippen LogP contribution in [0.5, 0.6) is 0 Å². The van der Waals surface area contributed by atoms with Gasteiger partial charge in [0.05, 0.1) is 6.10 Å². The molecule has 3 heteroatoms. The molecule has 2 atom stereocenters. The Bertz CT molecular complexity index is 576. The molecule has 2 heterocycles.